The molecule has 98 valence electrons. The molecule has 1 atom stereocenters. The van der Waals surface area contributed by atoms with Gasteiger partial charge in [0.2, 0.25) is 5.91 Å². The van der Waals surface area contributed by atoms with Gasteiger partial charge in [0.1, 0.15) is 0 Å². The minimum atomic E-state index is -4.25. The van der Waals surface area contributed by atoms with Crippen molar-refractivity contribution >= 4 is 0 Å². The van der Waals surface area contributed by atoms with Gasteiger partial charge in [0, 0.05) is 20.0 Å². The number of aliphatic hydroxyl groups is 2. The van der Waals surface area contributed by atoms with Gasteiger partial charge in [-0.15, -0.1) is 0 Å². The van der Waals surface area contributed by atoms with Crippen LogP contribution in [0, 0.1) is 5.92 Å². The molecule has 1 aliphatic heterocycles. The molecule has 0 spiro atoms. The maximum atomic E-state index is 12.3. The Bertz CT molecular complexity index is 181. The number of halogens is 3. The van der Waals surface area contributed by atoms with Gasteiger partial charge in [-0.1, -0.05) is 13.8 Å². The van der Waals surface area contributed by atoms with E-state index in [-0.39, 0.29) is 19.5 Å². The van der Waals surface area contributed by atoms with Crippen molar-refractivity contribution < 1.29 is 23.4 Å². The lowest BCUT2D eigenvalue weighted by molar-refractivity contribution is -0.274. The maximum absolute atomic E-state index is 12.3. The lowest BCUT2D eigenvalue weighted by Crippen LogP contribution is -2.53. The Morgan fingerprint density at radius 1 is 1.19 bits per heavy atom. The molecule has 6 heteroatoms. The van der Waals surface area contributed by atoms with Crippen LogP contribution in [-0.4, -0.2) is 40.3 Å². The third-order valence-electron chi connectivity index (χ3n) is 2.48. The summed E-state index contributed by atoms with van der Waals surface area (Å²) in [5, 5.41) is 18.3. The van der Waals surface area contributed by atoms with Crippen LogP contribution >= 0.6 is 0 Å². The average Bonchev–Trinajstić information content (AvgIpc) is 2.18. The molecule has 0 aromatic carbocycles. The number of rotatable bonds is 1. The second-order valence-electron chi connectivity index (χ2n) is 3.80. The molecule has 0 radical (unpaired) electrons. The van der Waals surface area contributed by atoms with E-state index >= 15 is 0 Å². The Morgan fingerprint density at radius 2 is 1.69 bits per heavy atom. The number of piperidine rings is 1. The van der Waals surface area contributed by atoms with Crippen molar-refractivity contribution in [2.24, 2.45) is 5.92 Å². The highest BCUT2D eigenvalue weighted by molar-refractivity contribution is 4.79. The first kappa shape index (κ1) is 15.7. The van der Waals surface area contributed by atoms with Gasteiger partial charge in [-0.3, -0.25) is 4.90 Å². The van der Waals surface area contributed by atoms with E-state index in [1.54, 1.807) is 0 Å². The Balaban J connectivity index is 0.00000106. The summed E-state index contributed by atoms with van der Waals surface area (Å²) in [4.78, 5) is 1.04. The van der Waals surface area contributed by atoms with Gasteiger partial charge < -0.3 is 10.2 Å². The molecule has 16 heavy (non-hydrogen) atoms. The smallest absolute Gasteiger partial charge is 0.353 e. The highest BCUT2D eigenvalue weighted by Crippen LogP contribution is 2.34. The monoisotopic (exact) mass is 243 g/mol. The Hall–Kier alpha value is -0.330. The molecule has 0 amide bonds. The van der Waals surface area contributed by atoms with Gasteiger partial charge in [0.25, 0.3) is 0 Å². The molecule has 2 N–H and O–H groups in total. The van der Waals surface area contributed by atoms with Crippen LogP contribution in [-0.2, 0) is 0 Å². The molecule has 1 fully saturated rings. The minimum Gasteiger partial charge on any atom is -0.353 e. The van der Waals surface area contributed by atoms with Crippen LogP contribution < -0.4 is 0 Å². The van der Waals surface area contributed by atoms with Gasteiger partial charge in [-0.25, -0.2) is 0 Å². The zero-order chi connectivity index (χ0) is 13.0. The fourth-order valence-electron chi connectivity index (χ4n) is 1.63. The van der Waals surface area contributed by atoms with Crippen molar-refractivity contribution in [2.45, 2.75) is 45.7 Å². The third-order valence-corrected chi connectivity index (χ3v) is 2.48. The molecule has 1 rings (SSSR count). The van der Waals surface area contributed by atoms with Crippen LogP contribution in [0.25, 0.3) is 0 Å². The second kappa shape index (κ2) is 5.84. The molecule has 3 nitrogen and oxygen atoms in total. The Kier molecular flexibility index (Phi) is 5.72. The predicted octanol–water partition coefficient (Wildman–Crippen LogP) is 1.95. The van der Waals surface area contributed by atoms with Crippen LogP contribution in [0.1, 0.15) is 33.6 Å². The predicted molar refractivity (Wildman–Crippen MR) is 54.5 cm³/mol. The van der Waals surface area contributed by atoms with Crippen molar-refractivity contribution in [3.8, 4) is 0 Å². The van der Waals surface area contributed by atoms with Crippen molar-refractivity contribution in [2.75, 3.05) is 13.1 Å². The summed E-state index contributed by atoms with van der Waals surface area (Å²) in [7, 11) is 0. The normalized spacial score (nSPS) is 23.6. The van der Waals surface area contributed by atoms with E-state index in [0.717, 1.165) is 11.8 Å². The van der Waals surface area contributed by atoms with Gasteiger partial charge in [-0.05, 0) is 12.8 Å². The topological polar surface area (TPSA) is 43.7 Å². The maximum Gasteiger partial charge on any atom is 0.393 e. The third kappa shape index (κ3) is 4.67. The number of hydrogen-bond acceptors (Lipinski definition) is 3. The van der Waals surface area contributed by atoms with Crippen molar-refractivity contribution in [1.82, 2.24) is 4.90 Å². The van der Waals surface area contributed by atoms with Crippen molar-refractivity contribution in [1.29, 1.82) is 0 Å². The molecule has 0 aliphatic carbocycles. The molecule has 0 saturated carbocycles. The fraction of sp³-hybridized carbons (Fsp3) is 1.00. The SMILES string of the molecule is CC.CC(O)(O)N1CCCC(C(F)(F)F)C1. The van der Waals surface area contributed by atoms with Gasteiger partial charge >= 0.3 is 6.18 Å². The number of likely N-dealkylation sites (tertiary alicyclic amines) is 1. The van der Waals surface area contributed by atoms with E-state index in [0.29, 0.717) is 6.42 Å². The summed E-state index contributed by atoms with van der Waals surface area (Å²) in [5.74, 6) is -3.60. The van der Waals surface area contributed by atoms with E-state index in [1.165, 1.54) is 0 Å². The fourth-order valence-corrected chi connectivity index (χ4v) is 1.63. The number of hydrogen-bond donors (Lipinski definition) is 2. The lowest BCUT2D eigenvalue weighted by Gasteiger charge is -2.39. The second-order valence-corrected chi connectivity index (χ2v) is 3.80. The molecule has 1 heterocycles. The summed E-state index contributed by atoms with van der Waals surface area (Å²) in [6.07, 6.45) is -3.85. The minimum absolute atomic E-state index is 0.0656. The first-order chi connectivity index (χ1) is 7.21. The van der Waals surface area contributed by atoms with Gasteiger partial charge in [0.05, 0.1) is 5.92 Å². The van der Waals surface area contributed by atoms with E-state index in [1.807, 2.05) is 13.8 Å². The summed E-state index contributed by atoms with van der Waals surface area (Å²) in [6.45, 7) is 5.02. The van der Waals surface area contributed by atoms with Gasteiger partial charge in [0.15, 0.2) is 0 Å². The van der Waals surface area contributed by atoms with Crippen molar-refractivity contribution in [3.63, 3.8) is 0 Å². The highest BCUT2D eigenvalue weighted by Gasteiger charge is 2.44. The van der Waals surface area contributed by atoms with E-state index in [2.05, 4.69) is 0 Å². The van der Waals surface area contributed by atoms with Crippen LogP contribution in [0.2, 0.25) is 0 Å². The molecule has 0 bridgehead atoms. The quantitative estimate of drug-likeness (QED) is 0.692. The van der Waals surface area contributed by atoms with E-state index in [4.69, 9.17) is 10.2 Å². The summed E-state index contributed by atoms with van der Waals surface area (Å²) in [6, 6.07) is 0. The first-order valence-corrected chi connectivity index (χ1v) is 5.48. The van der Waals surface area contributed by atoms with Crippen LogP contribution in [0.3, 0.4) is 0 Å². The Morgan fingerprint density at radius 3 is 2.06 bits per heavy atom. The molecule has 1 unspecified atom stereocenters. The van der Waals surface area contributed by atoms with E-state index in [9.17, 15) is 13.2 Å². The average molecular weight is 243 g/mol. The standard InChI is InChI=1S/C8H14F3NO2.C2H6/c1-7(13,14)12-4-2-3-6(5-12)8(9,10)11;1-2/h6,13-14H,2-5H2,1H3;1-2H3. The van der Waals surface area contributed by atoms with Crippen LogP contribution in [0.5, 0.6) is 0 Å². The molecule has 0 aromatic heterocycles. The highest BCUT2D eigenvalue weighted by atomic mass is 19.4. The zero-order valence-corrected chi connectivity index (χ0v) is 9.88. The van der Waals surface area contributed by atoms with Crippen LogP contribution in [0.15, 0.2) is 0 Å². The molecule has 1 aliphatic rings. The zero-order valence-electron chi connectivity index (χ0n) is 9.88. The van der Waals surface area contributed by atoms with Crippen LogP contribution in [0.4, 0.5) is 13.2 Å². The number of nitrogens with zero attached hydrogens (tertiary/aromatic N) is 1. The molecular weight excluding hydrogens is 223 g/mol. The number of alkyl halides is 3. The lowest BCUT2D eigenvalue weighted by atomic mass is 9.97. The molecular formula is C10H20F3NO2. The largest absolute Gasteiger partial charge is 0.393 e. The van der Waals surface area contributed by atoms with E-state index < -0.39 is 18.0 Å². The van der Waals surface area contributed by atoms with Crippen molar-refractivity contribution in [3.05, 3.63) is 0 Å². The molecule has 0 aromatic rings. The summed E-state index contributed by atoms with van der Waals surface area (Å²) >= 11 is 0. The van der Waals surface area contributed by atoms with Gasteiger partial charge in [-0.2, -0.15) is 13.2 Å². The summed E-state index contributed by atoms with van der Waals surface area (Å²) < 4.78 is 36.9. The summed E-state index contributed by atoms with van der Waals surface area (Å²) in [5.41, 5.74) is 0. The molecule has 1 saturated heterocycles. The Labute approximate surface area is 93.9 Å². The first-order valence-electron chi connectivity index (χ1n) is 5.48.